The number of aromatic nitrogens is 5. The van der Waals surface area contributed by atoms with Crippen LogP contribution >= 0.6 is 0 Å². The number of nitrogens with one attached hydrogen (secondary N) is 1. The van der Waals surface area contributed by atoms with Gasteiger partial charge in [0.2, 0.25) is 5.82 Å². The second-order valence-electron chi connectivity index (χ2n) is 8.50. The number of nitrogens with zero attached hydrogens (tertiary/aromatic N) is 5. The van der Waals surface area contributed by atoms with E-state index in [1.54, 1.807) is 71.4 Å². The molecule has 38 heavy (non-hydrogen) atoms. The largest absolute Gasteiger partial charge is 0.322 e. The van der Waals surface area contributed by atoms with Crippen molar-refractivity contribution in [3.63, 3.8) is 0 Å². The number of carbonyl (C=O) groups is 2. The molecular formula is C30H20N6O2. The van der Waals surface area contributed by atoms with Gasteiger partial charge in [-0.3, -0.25) is 14.6 Å². The molecule has 3 aromatic heterocycles. The van der Waals surface area contributed by atoms with Crippen LogP contribution in [-0.2, 0) is 0 Å². The van der Waals surface area contributed by atoms with Crippen LogP contribution in [0.3, 0.4) is 0 Å². The number of amides is 1. The van der Waals surface area contributed by atoms with Crippen molar-refractivity contribution in [1.29, 1.82) is 0 Å². The molecule has 0 bridgehead atoms. The van der Waals surface area contributed by atoms with Crippen molar-refractivity contribution >= 4 is 23.0 Å². The number of carbonyl (C=O) groups excluding carboxylic acids is 2. The van der Waals surface area contributed by atoms with Crippen molar-refractivity contribution in [2.45, 2.75) is 0 Å². The maximum Gasteiger partial charge on any atom is 0.256 e. The van der Waals surface area contributed by atoms with Crippen LogP contribution in [0.1, 0.15) is 26.3 Å². The van der Waals surface area contributed by atoms with Crippen LogP contribution in [-0.4, -0.2) is 36.5 Å². The molecule has 0 aliphatic heterocycles. The van der Waals surface area contributed by atoms with Gasteiger partial charge < -0.3 is 5.32 Å². The van der Waals surface area contributed by atoms with Gasteiger partial charge in [-0.15, -0.1) is 10.2 Å². The molecule has 0 radical (unpaired) electrons. The number of anilines is 1. The first-order chi connectivity index (χ1) is 18.7. The topological polar surface area (TPSA) is 102 Å². The van der Waals surface area contributed by atoms with Gasteiger partial charge in [-0.1, -0.05) is 66.7 Å². The summed E-state index contributed by atoms with van der Waals surface area (Å²) in [5.41, 5.74) is 4.64. The first-order valence-electron chi connectivity index (χ1n) is 11.9. The van der Waals surface area contributed by atoms with Crippen molar-refractivity contribution in [3.05, 3.63) is 132 Å². The minimum absolute atomic E-state index is 0.202. The number of ketones is 1. The molecular weight excluding hydrogens is 476 g/mol. The van der Waals surface area contributed by atoms with E-state index >= 15 is 0 Å². The second-order valence-corrected chi connectivity index (χ2v) is 8.50. The average molecular weight is 497 g/mol. The lowest BCUT2D eigenvalue weighted by Gasteiger charge is -2.10. The van der Waals surface area contributed by atoms with Crippen molar-refractivity contribution < 1.29 is 9.59 Å². The van der Waals surface area contributed by atoms with E-state index in [4.69, 9.17) is 5.10 Å². The maximum atomic E-state index is 13.1. The molecule has 1 N–H and O–H groups in total. The standard InChI is InChI=1S/C30H20N6O2/c37-28(21-8-2-1-3-9-21)23-10-4-5-11-24(23)30(38)32-22-15-13-20(14-16-22)25-17-18-27-33-34-29(36(27)35-25)26-12-6-7-19-31-26/h1-19H,(H,32,38). The van der Waals surface area contributed by atoms with Gasteiger partial charge in [-0.25, -0.2) is 0 Å². The van der Waals surface area contributed by atoms with E-state index in [0.29, 0.717) is 45.2 Å². The van der Waals surface area contributed by atoms with Gasteiger partial charge in [-0.2, -0.15) is 9.61 Å². The van der Waals surface area contributed by atoms with E-state index in [9.17, 15) is 9.59 Å². The van der Waals surface area contributed by atoms with E-state index in [0.717, 1.165) is 5.56 Å². The molecule has 0 fully saturated rings. The highest BCUT2D eigenvalue weighted by Gasteiger charge is 2.18. The smallest absolute Gasteiger partial charge is 0.256 e. The predicted octanol–water partition coefficient (Wildman–Crippen LogP) is 5.34. The molecule has 6 rings (SSSR count). The Kier molecular flexibility index (Phi) is 5.95. The van der Waals surface area contributed by atoms with Crippen LogP contribution < -0.4 is 5.32 Å². The fourth-order valence-corrected chi connectivity index (χ4v) is 4.14. The molecule has 0 atom stereocenters. The summed E-state index contributed by atoms with van der Waals surface area (Å²) in [5.74, 6) is -0.0102. The third-order valence-corrected chi connectivity index (χ3v) is 6.05. The lowest BCUT2D eigenvalue weighted by atomic mass is 9.98. The van der Waals surface area contributed by atoms with Crippen molar-refractivity contribution in [1.82, 2.24) is 24.8 Å². The minimum atomic E-state index is -0.360. The third kappa shape index (κ3) is 4.42. The van der Waals surface area contributed by atoms with E-state index in [2.05, 4.69) is 20.5 Å². The zero-order valence-corrected chi connectivity index (χ0v) is 20.0. The monoisotopic (exact) mass is 496 g/mol. The number of pyridine rings is 1. The summed E-state index contributed by atoms with van der Waals surface area (Å²) in [6, 6.07) is 32.4. The fourth-order valence-electron chi connectivity index (χ4n) is 4.14. The molecule has 0 aliphatic rings. The molecule has 1 amide bonds. The molecule has 3 heterocycles. The maximum absolute atomic E-state index is 13.1. The average Bonchev–Trinajstić information content (AvgIpc) is 3.41. The Morgan fingerprint density at radius 2 is 1.39 bits per heavy atom. The number of benzene rings is 3. The summed E-state index contributed by atoms with van der Waals surface area (Å²) in [6.45, 7) is 0. The van der Waals surface area contributed by atoms with Crippen molar-refractivity contribution in [3.8, 4) is 22.8 Å². The predicted molar refractivity (Wildman–Crippen MR) is 144 cm³/mol. The summed E-state index contributed by atoms with van der Waals surface area (Å²) < 4.78 is 1.66. The Labute approximate surface area is 217 Å². The van der Waals surface area contributed by atoms with Crippen molar-refractivity contribution in [2.24, 2.45) is 0 Å². The lowest BCUT2D eigenvalue weighted by Crippen LogP contribution is -2.16. The fraction of sp³-hybridized carbons (Fsp3) is 0. The zero-order chi connectivity index (χ0) is 25.9. The lowest BCUT2D eigenvalue weighted by molar-refractivity contribution is 0.0996. The first kappa shape index (κ1) is 22.9. The molecule has 0 spiro atoms. The Morgan fingerprint density at radius 3 is 2.16 bits per heavy atom. The molecule has 182 valence electrons. The number of fused-ring (bicyclic) bond motifs is 1. The SMILES string of the molecule is O=C(Nc1ccc(-c2ccc3nnc(-c4ccccn4)n3n2)cc1)c1ccccc1C(=O)c1ccccc1. The highest BCUT2D eigenvalue weighted by Crippen LogP contribution is 2.23. The molecule has 0 aliphatic carbocycles. The highest BCUT2D eigenvalue weighted by atomic mass is 16.2. The number of hydrogen-bond donors (Lipinski definition) is 1. The summed E-state index contributed by atoms with van der Waals surface area (Å²) >= 11 is 0. The zero-order valence-electron chi connectivity index (χ0n) is 20.0. The van der Waals surface area contributed by atoms with E-state index in [1.807, 2.05) is 48.5 Å². The summed E-state index contributed by atoms with van der Waals surface area (Å²) in [6.07, 6.45) is 1.70. The van der Waals surface area contributed by atoms with Gasteiger partial charge in [0.05, 0.1) is 11.3 Å². The van der Waals surface area contributed by atoms with Gasteiger partial charge in [0.1, 0.15) is 5.69 Å². The van der Waals surface area contributed by atoms with Gasteiger partial charge >= 0.3 is 0 Å². The van der Waals surface area contributed by atoms with Gasteiger partial charge in [0.15, 0.2) is 11.4 Å². The van der Waals surface area contributed by atoms with Crippen LogP contribution in [0, 0.1) is 0 Å². The molecule has 8 heteroatoms. The summed E-state index contributed by atoms with van der Waals surface area (Å²) in [4.78, 5) is 30.5. The quantitative estimate of drug-likeness (QED) is 0.313. The first-order valence-corrected chi connectivity index (χ1v) is 11.9. The Balaban J connectivity index is 1.24. The van der Waals surface area contributed by atoms with Crippen molar-refractivity contribution in [2.75, 3.05) is 5.32 Å². The Morgan fingerprint density at radius 1 is 0.658 bits per heavy atom. The van der Waals surface area contributed by atoms with Gasteiger partial charge in [-0.05, 0) is 42.5 Å². The molecule has 3 aromatic carbocycles. The van der Waals surface area contributed by atoms with E-state index < -0.39 is 0 Å². The molecule has 8 nitrogen and oxygen atoms in total. The third-order valence-electron chi connectivity index (χ3n) is 6.05. The second kappa shape index (κ2) is 9.87. The minimum Gasteiger partial charge on any atom is -0.322 e. The summed E-state index contributed by atoms with van der Waals surface area (Å²) in [7, 11) is 0. The van der Waals surface area contributed by atoms with Crippen LogP contribution in [0.5, 0.6) is 0 Å². The highest BCUT2D eigenvalue weighted by molar-refractivity contribution is 6.17. The summed E-state index contributed by atoms with van der Waals surface area (Å²) in [5, 5.41) is 16.0. The van der Waals surface area contributed by atoms with Crippen LogP contribution in [0.2, 0.25) is 0 Å². The Hall–Kier alpha value is -5.50. The van der Waals surface area contributed by atoms with Crippen LogP contribution in [0.15, 0.2) is 115 Å². The molecule has 0 unspecified atom stereocenters. The normalized spacial score (nSPS) is 10.8. The van der Waals surface area contributed by atoms with Crippen LogP contribution in [0.25, 0.3) is 28.4 Å². The molecule has 0 saturated heterocycles. The van der Waals surface area contributed by atoms with Gasteiger partial charge in [0, 0.05) is 28.6 Å². The number of rotatable bonds is 6. The Bertz CT molecular complexity index is 1760. The number of hydrogen-bond acceptors (Lipinski definition) is 6. The molecule has 6 aromatic rings. The van der Waals surface area contributed by atoms with Gasteiger partial charge in [0.25, 0.3) is 5.91 Å². The molecule has 0 saturated carbocycles. The van der Waals surface area contributed by atoms with E-state index in [-0.39, 0.29) is 11.7 Å². The van der Waals surface area contributed by atoms with E-state index in [1.165, 1.54) is 0 Å². The van der Waals surface area contributed by atoms with Crippen LogP contribution in [0.4, 0.5) is 5.69 Å².